The minimum absolute atomic E-state index is 0.0301. The van der Waals surface area contributed by atoms with Crippen LogP contribution in [-0.2, 0) is 11.3 Å². The SMILES string of the molecule is COc1ccc(OC)c(-c2ccc(CNc3nc(NC4CCC(NC(C)=O)CC4)nc4c3ncn4C(C)C)cc2)c1. The van der Waals surface area contributed by atoms with Crippen molar-refractivity contribution in [2.24, 2.45) is 0 Å². The van der Waals surface area contributed by atoms with Gasteiger partial charge >= 0.3 is 0 Å². The second kappa shape index (κ2) is 12.4. The zero-order valence-electron chi connectivity index (χ0n) is 24.4. The molecule has 41 heavy (non-hydrogen) atoms. The molecule has 0 unspecified atom stereocenters. The number of hydrogen-bond acceptors (Lipinski definition) is 8. The number of aromatic nitrogens is 4. The summed E-state index contributed by atoms with van der Waals surface area (Å²) in [6.07, 6.45) is 5.60. The number of ether oxygens (including phenoxy) is 2. The molecule has 1 fully saturated rings. The van der Waals surface area contributed by atoms with E-state index in [1.165, 1.54) is 0 Å². The van der Waals surface area contributed by atoms with E-state index in [0.29, 0.717) is 18.3 Å². The van der Waals surface area contributed by atoms with Gasteiger partial charge < -0.3 is 30.0 Å². The molecule has 0 spiro atoms. The summed E-state index contributed by atoms with van der Waals surface area (Å²) in [4.78, 5) is 25.8. The predicted octanol–water partition coefficient (Wildman–Crippen LogP) is 5.56. The molecule has 2 aromatic carbocycles. The smallest absolute Gasteiger partial charge is 0.227 e. The van der Waals surface area contributed by atoms with Crippen LogP contribution in [0.3, 0.4) is 0 Å². The van der Waals surface area contributed by atoms with Gasteiger partial charge in [-0.2, -0.15) is 9.97 Å². The average molecular weight is 558 g/mol. The van der Waals surface area contributed by atoms with E-state index in [-0.39, 0.29) is 24.0 Å². The number of nitrogens with zero attached hydrogens (tertiary/aromatic N) is 4. The zero-order chi connectivity index (χ0) is 28.9. The molecule has 0 saturated heterocycles. The summed E-state index contributed by atoms with van der Waals surface area (Å²) >= 11 is 0. The summed E-state index contributed by atoms with van der Waals surface area (Å²) in [7, 11) is 3.33. The summed E-state index contributed by atoms with van der Waals surface area (Å²) in [6, 6.07) is 14.9. The van der Waals surface area contributed by atoms with Gasteiger partial charge in [0, 0.05) is 37.2 Å². The standard InChI is InChI=1S/C31H39N7O3/c1-19(2)38-18-33-28-29(36-31(37-30(28)38)35-24-12-10-23(11-13-24)34-20(3)39)32-17-21-6-8-22(9-7-21)26-16-25(40-4)14-15-27(26)41-5/h6-9,14-16,18-19,23-24H,10-13,17H2,1-5H3,(H,34,39)(H2,32,35,36,37). The van der Waals surface area contributed by atoms with Gasteiger partial charge in [-0.25, -0.2) is 4.98 Å². The van der Waals surface area contributed by atoms with Crippen LogP contribution in [0.4, 0.5) is 11.8 Å². The van der Waals surface area contributed by atoms with Gasteiger partial charge in [-0.1, -0.05) is 24.3 Å². The van der Waals surface area contributed by atoms with Gasteiger partial charge in [-0.15, -0.1) is 0 Å². The Kier molecular flexibility index (Phi) is 8.56. The van der Waals surface area contributed by atoms with Crippen LogP contribution < -0.4 is 25.4 Å². The lowest BCUT2D eigenvalue weighted by Gasteiger charge is -2.29. The van der Waals surface area contributed by atoms with Crippen molar-refractivity contribution in [3.05, 3.63) is 54.4 Å². The van der Waals surface area contributed by atoms with Gasteiger partial charge in [0.05, 0.1) is 20.5 Å². The molecule has 10 heteroatoms. The third-order valence-electron chi connectivity index (χ3n) is 7.58. The van der Waals surface area contributed by atoms with Crippen molar-refractivity contribution in [2.75, 3.05) is 24.9 Å². The van der Waals surface area contributed by atoms with E-state index in [1.54, 1.807) is 21.1 Å². The fourth-order valence-electron chi connectivity index (χ4n) is 5.36. The van der Waals surface area contributed by atoms with E-state index in [4.69, 9.17) is 19.4 Å². The zero-order valence-corrected chi connectivity index (χ0v) is 24.4. The minimum atomic E-state index is 0.0301. The maximum Gasteiger partial charge on any atom is 0.227 e. The summed E-state index contributed by atoms with van der Waals surface area (Å²) in [6.45, 7) is 6.39. The monoisotopic (exact) mass is 557 g/mol. The molecule has 1 aliphatic rings. The molecule has 1 saturated carbocycles. The largest absolute Gasteiger partial charge is 0.497 e. The molecule has 216 valence electrons. The molecule has 1 amide bonds. The summed E-state index contributed by atoms with van der Waals surface area (Å²) in [5.74, 6) is 2.89. The number of rotatable bonds is 10. The van der Waals surface area contributed by atoms with Crippen LogP contribution in [0.25, 0.3) is 22.3 Å². The van der Waals surface area contributed by atoms with Crippen molar-refractivity contribution in [3.8, 4) is 22.6 Å². The highest BCUT2D eigenvalue weighted by molar-refractivity contribution is 5.84. The van der Waals surface area contributed by atoms with E-state index in [1.807, 2.05) is 24.5 Å². The van der Waals surface area contributed by atoms with Gasteiger partial charge in [0.15, 0.2) is 17.0 Å². The highest BCUT2D eigenvalue weighted by Crippen LogP contribution is 2.34. The maximum absolute atomic E-state index is 11.4. The second-order valence-electron chi connectivity index (χ2n) is 10.8. The molecule has 4 aromatic rings. The normalized spacial score (nSPS) is 16.9. The maximum atomic E-state index is 11.4. The Hall–Kier alpha value is -4.34. The predicted molar refractivity (Wildman–Crippen MR) is 162 cm³/mol. The van der Waals surface area contributed by atoms with Crippen LogP contribution in [-0.4, -0.2) is 51.7 Å². The molecule has 2 aromatic heterocycles. The molecule has 0 atom stereocenters. The lowest BCUT2D eigenvalue weighted by Crippen LogP contribution is -2.39. The Bertz CT molecular complexity index is 1490. The van der Waals surface area contributed by atoms with Gasteiger partial charge in [-0.3, -0.25) is 4.79 Å². The number of carbonyl (C=O) groups is 1. The molecule has 10 nitrogen and oxygen atoms in total. The fraction of sp³-hybridized carbons (Fsp3) is 0.419. The minimum Gasteiger partial charge on any atom is -0.497 e. The van der Waals surface area contributed by atoms with Crippen molar-refractivity contribution in [1.29, 1.82) is 0 Å². The van der Waals surface area contributed by atoms with Gasteiger partial charge in [0.25, 0.3) is 0 Å². The molecular weight excluding hydrogens is 518 g/mol. The lowest BCUT2D eigenvalue weighted by molar-refractivity contribution is -0.119. The topological polar surface area (TPSA) is 115 Å². The second-order valence-corrected chi connectivity index (χ2v) is 10.8. The summed E-state index contributed by atoms with van der Waals surface area (Å²) < 4.78 is 13.0. The Morgan fingerprint density at radius 3 is 2.39 bits per heavy atom. The van der Waals surface area contributed by atoms with Gasteiger partial charge in [-0.05, 0) is 68.9 Å². The number of anilines is 2. The van der Waals surface area contributed by atoms with E-state index < -0.39 is 0 Å². The van der Waals surface area contributed by atoms with Crippen LogP contribution in [0.5, 0.6) is 11.5 Å². The van der Waals surface area contributed by atoms with Crippen molar-refractivity contribution in [1.82, 2.24) is 24.8 Å². The van der Waals surface area contributed by atoms with E-state index in [2.05, 4.69) is 63.6 Å². The number of benzene rings is 2. The molecule has 0 bridgehead atoms. The quantitative estimate of drug-likeness (QED) is 0.232. The first-order valence-electron chi connectivity index (χ1n) is 14.2. The summed E-state index contributed by atoms with van der Waals surface area (Å²) in [5, 5.41) is 10.1. The molecule has 5 rings (SSSR count). The average Bonchev–Trinajstić information content (AvgIpc) is 3.41. The first kappa shape index (κ1) is 28.2. The van der Waals surface area contributed by atoms with E-state index in [9.17, 15) is 4.79 Å². The van der Waals surface area contributed by atoms with Crippen molar-refractivity contribution in [2.45, 2.75) is 71.1 Å². The van der Waals surface area contributed by atoms with Gasteiger partial charge in [0.2, 0.25) is 11.9 Å². The Morgan fingerprint density at radius 2 is 1.73 bits per heavy atom. The highest BCUT2D eigenvalue weighted by Gasteiger charge is 2.23. The van der Waals surface area contributed by atoms with Gasteiger partial charge in [0.1, 0.15) is 11.5 Å². The first-order chi connectivity index (χ1) is 19.8. The lowest BCUT2D eigenvalue weighted by atomic mass is 9.91. The Balaban J connectivity index is 1.33. The molecular formula is C31H39N7O3. The Morgan fingerprint density at radius 1 is 1.00 bits per heavy atom. The van der Waals surface area contributed by atoms with Crippen LogP contribution in [0.15, 0.2) is 48.8 Å². The highest BCUT2D eigenvalue weighted by atomic mass is 16.5. The summed E-state index contributed by atoms with van der Waals surface area (Å²) in [5.41, 5.74) is 4.68. The third-order valence-corrected chi connectivity index (χ3v) is 7.58. The van der Waals surface area contributed by atoms with Crippen LogP contribution in [0.1, 0.15) is 58.1 Å². The number of carbonyl (C=O) groups excluding carboxylic acids is 1. The van der Waals surface area contributed by atoms with Crippen LogP contribution in [0.2, 0.25) is 0 Å². The molecule has 3 N–H and O–H groups in total. The van der Waals surface area contributed by atoms with E-state index in [0.717, 1.165) is 65.0 Å². The van der Waals surface area contributed by atoms with Crippen LogP contribution in [0, 0.1) is 0 Å². The number of imidazole rings is 1. The van der Waals surface area contributed by atoms with Crippen molar-refractivity contribution in [3.63, 3.8) is 0 Å². The number of nitrogens with one attached hydrogen (secondary N) is 3. The van der Waals surface area contributed by atoms with Crippen molar-refractivity contribution >= 4 is 28.8 Å². The number of amides is 1. The molecule has 1 aliphatic carbocycles. The third kappa shape index (κ3) is 6.53. The fourth-order valence-corrected chi connectivity index (χ4v) is 5.36. The molecule has 0 aliphatic heterocycles. The van der Waals surface area contributed by atoms with E-state index >= 15 is 0 Å². The van der Waals surface area contributed by atoms with Crippen molar-refractivity contribution < 1.29 is 14.3 Å². The Labute approximate surface area is 240 Å². The molecule has 0 radical (unpaired) electrons. The van der Waals surface area contributed by atoms with Crippen LogP contribution >= 0.6 is 0 Å². The number of hydrogen-bond donors (Lipinski definition) is 3. The molecule has 2 heterocycles. The first-order valence-corrected chi connectivity index (χ1v) is 14.2. The number of methoxy groups -OCH3 is 2. The number of fused-ring (bicyclic) bond motifs is 1.